The molecule has 0 amide bonds. The lowest BCUT2D eigenvalue weighted by atomic mass is 11.1. The van der Waals surface area contributed by atoms with Crippen LogP contribution in [0.2, 0.25) is 0 Å². The van der Waals surface area contributed by atoms with Gasteiger partial charge < -0.3 is 0 Å². The van der Waals surface area contributed by atoms with Crippen molar-refractivity contribution in [2.45, 2.75) is 0 Å². The molecule has 0 N–H and O–H groups in total. The first kappa shape index (κ1) is 9.04. The van der Waals surface area contributed by atoms with Gasteiger partial charge in [-0.25, -0.2) is 5.01 Å². The number of nitrogens with zero attached hydrogens (tertiary/aromatic N) is 2. The van der Waals surface area contributed by atoms with Crippen LogP contribution in [0.25, 0.3) is 0 Å². The molecule has 0 rings (SSSR count). The van der Waals surface area contributed by atoms with E-state index >= 15 is 0 Å². The number of hydrogen-bond acceptors (Lipinski definition) is 4. The SMILES string of the molecule is CSC(=S)N(C)N=C=S. The highest BCUT2D eigenvalue weighted by Crippen LogP contribution is 2.01. The summed E-state index contributed by atoms with van der Waals surface area (Å²) >= 11 is 10.7. The third-order valence-electron chi connectivity index (χ3n) is 0.630. The van der Waals surface area contributed by atoms with Crippen molar-refractivity contribution in [3.8, 4) is 0 Å². The Labute approximate surface area is 69.3 Å². The predicted octanol–water partition coefficient (Wildman–Crippen LogP) is 1.58. The number of thiocarbonyl (C=S) groups is 2. The predicted molar refractivity (Wildman–Crippen MR) is 48.9 cm³/mol. The second kappa shape index (κ2) is 4.88. The number of thioether (sulfide) groups is 1. The number of hydrazone groups is 1. The first-order chi connectivity index (χ1) is 4.22. The molecule has 0 saturated heterocycles. The van der Waals surface area contributed by atoms with Gasteiger partial charge in [0.2, 0.25) is 0 Å². The fourth-order valence-corrected chi connectivity index (χ4v) is 0.703. The molecule has 0 radical (unpaired) electrons. The van der Waals surface area contributed by atoms with E-state index in [0.29, 0.717) is 4.32 Å². The van der Waals surface area contributed by atoms with Crippen LogP contribution >= 0.6 is 36.2 Å². The fraction of sp³-hybridized carbons (Fsp3) is 0.500. The molecule has 0 aromatic heterocycles. The molecule has 0 bridgehead atoms. The van der Waals surface area contributed by atoms with Gasteiger partial charge in [0, 0.05) is 7.05 Å². The van der Waals surface area contributed by atoms with Crippen LogP contribution < -0.4 is 0 Å². The molecule has 5 heteroatoms. The van der Waals surface area contributed by atoms with Gasteiger partial charge in [-0.3, -0.25) is 0 Å². The highest BCUT2D eigenvalue weighted by Gasteiger charge is 1.96. The van der Waals surface area contributed by atoms with Crippen LogP contribution in [0.3, 0.4) is 0 Å². The van der Waals surface area contributed by atoms with Gasteiger partial charge >= 0.3 is 0 Å². The summed E-state index contributed by atoms with van der Waals surface area (Å²) in [6.07, 6.45) is 1.89. The number of isothiocyanates is 1. The van der Waals surface area contributed by atoms with Gasteiger partial charge in [-0.1, -0.05) is 24.0 Å². The highest BCUT2D eigenvalue weighted by atomic mass is 32.2. The topological polar surface area (TPSA) is 15.6 Å². The Hall–Kier alpha value is 0.0400. The second-order valence-corrected chi connectivity index (χ2v) is 2.81. The van der Waals surface area contributed by atoms with E-state index in [1.165, 1.54) is 16.8 Å². The van der Waals surface area contributed by atoms with E-state index in [-0.39, 0.29) is 0 Å². The maximum absolute atomic E-state index is 4.85. The van der Waals surface area contributed by atoms with Gasteiger partial charge in [0.25, 0.3) is 0 Å². The van der Waals surface area contributed by atoms with Gasteiger partial charge in [0.05, 0.1) is 5.16 Å². The van der Waals surface area contributed by atoms with Crippen LogP contribution in [0.4, 0.5) is 0 Å². The molecule has 0 unspecified atom stereocenters. The van der Waals surface area contributed by atoms with Gasteiger partial charge in [-0.05, 0) is 18.5 Å². The standard InChI is InChI=1S/C4H6N2S3/c1-6(5-3-7)4(8)9-2/h1-2H3. The van der Waals surface area contributed by atoms with Crippen molar-refractivity contribution in [2.75, 3.05) is 13.3 Å². The highest BCUT2D eigenvalue weighted by molar-refractivity contribution is 8.22. The maximum Gasteiger partial charge on any atom is 0.156 e. The maximum atomic E-state index is 4.85. The summed E-state index contributed by atoms with van der Waals surface area (Å²) in [6.45, 7) is 0. The van der Waals surface area contributed by atoms with Crippen LogP contribution in [0.15, 0.2) is 5.10 Å². The Morgan fingerprint density at radius 3 is 2.67 bits per heavy atom. The van der Waals surface area contributed by atoms with E-state index in [1.54, 1.807) is 7.05 Å². The minimum atomic E-state index is 0.687. The lowest BCUT2D eigenvalue weighted by Gasteiger charge is -2.07. The summed E-state index contributed by atoms with van der Waals surface area (Å²) in [5.74, 6) is 0. The summed E-state index contributed by atoms with van der Waals surface area (Å²) in [7, 11) is 1.73. The molecule has 0 aromatic carbocycles. The van der Waals surface area contributed by atoms with E-state index in [4.69, 9.17) is 12.2 Å². The smallest absolute Gasteiger partial charge is 0.156 e. The molecule has 50 valence electrons. The largest absolute Gasteiger partial charge is 0.243 e. The normalized spacial score (nSPS) is 7.78. The summed E-state index contributed by atoms with van der Waals surface area (Å²) in [5, 5.41) is 7.35. The van der Waals surface area contributed by atoms with E-state index in [2.05, 4.69) is 22.5 Å². The second-order valence-electron chi connectivity index (χ2n) is 1.18. The Morgan fingerprint density at radius 1 is 1.78 bits per heavy atom. The van der Waals surface area contributed by atoms with Crippen molar-refractivity contribution in [3.05, 3.63) is 0 Å². The van der Waals surface area contributed by atoms with Crippen LogP contribution in [0.1, 0.15) is 0 Å². The van der Waals surface area contributed by atoms with Crippen molar-refractivity contribution in [2.24, 2.45) is 5.10 Å². The monoisotopic (exact) mass is 178 g/mol. The van der Waals surface area contributed by atoms with Gasteiger partial charge in [0.1, 0.15) is 0 Å². The van der Waals surface area contributed by atoms with Gasteiger partial charge in [-0.2, -0.15) is 0 Å². The molecule has 0 fully saturated rings. The van der Waals surface area contributed by atoms with Crippen LogP contribution in [-0.2, 0) is 0 Å². The molecular weight excluding hydrogens is 172 g/mol. The number of rotatable bonds is 1. The molecule has 0 saturated carbocycles. The van der Waals surface area contributed by atoms with Crippen molar-refractivity contribution in [1.29, 1.82) is 0 Å². The summed E-state index contributed by atoms with van der Waals surface area (Å²) in [6, 6.07) is 0. The van der Waals surface area contributed by atoms with Crippen molar-refractivity contribution in [1.82, 2.24) is 5.01 Å². The Bertz CT molecular complexity index is 150. The zero-order chi connectivity index (χ0) is 7.28. The summed E-state index contributed by atoms with van der Waals surface area (Å²) in [5.41, 5.74) is 0. The Kier molecular flexibility index (Phi) is 4.90. The molecule has 0 aliphatic carbocycles. The molecule has 0 aliphatic heterocycles. The van der Waals surface area contributed by atoms with E-state index in [1.807, 2.05) is 6.26 Å². The number of hydrogen-bond donors (Lipinski definition) is 0. The Balaban J connectivity index is 3.87. The third-order valence-corrected chi connectivity index (χ3v) is 2.09. The third kappa shape index (κ3) is 3.59. The van der Waals surface area contributed by atoms with Crippen LogP contribution in [0.5, 0.6) is 0 Å². The zero-order valence-electron chi connectivity index (χ0n) is 5.12. The molecule has 0 spiro atoms. The first-order valence-electron chi connectivity index (χ1n) is 2.12. The van der Waals surface area contributed by atoms with E-state index < -0.39 is 0 Å². The molecule has 0 atom stereocenters. The van der Waals surface area contributed by atoms with Gasteiger partial charge in [0.15, 0.2) is 4.32 Å². The Morgan fingerprint density at radius 2 is 2.33 bits per heavy atom. The fourth-order valence-electron chi connectivity index (χ4n) is 0.234. The quantitative estimate of drug-likeness (QED) is 0.344. The van der Waals surface area contributed by atoms with Crippen molar-refractivity contribution >= 4 is 45.7 Å². The lowest BCUT2D eigenvalue weighted by molar-refractivity contribution is 0.571. The van der Waals surface area contributed by atoms with E-state index in [0.717, 1.165) is 0 Å². The summed E-state index contributed by atoms with van der Waals surface area (Å²) < 4.78 is 0.687. The molecular formula is C4H6N2S3. The zero-order valence-corrected chi connectivity index (χ0v) is 7.57. The minimum Gasteiger partial charge on any atom is -0.243 e. The van der Waals surface area contributed by atoms with Crippen LogP contribution in [-0.4, -0.2) is 27.8 Å². The average Bonchev–Trinajstić information content (AvgIpc) is 1.87. The molecule has 0 aromatic rings. The molecule has 2 nitrogen and oxygen atoms in total. The minimum absolute atomic E-state index is 0.687. The van der Waals surface area contributed by atoms with Crippen LogP contribution in [0, 0.1) is 0 Å². The van der Waals surface area contributed by atoms with E-state index in [9.17, 15) is 0 Å². The molecule has 0 aliphatic rings. The lowest BCUT2D eigenvalue weighted by Crippen LogP contribution is -2.14. The van der Waals surface area contributed by atoms with Crippen molar-refractivity contribution in [3.63, 3.8) is 0 Å². The molecule has 0 heterocycles. The first-order valence-corrected chi connectivity index (χ1v) is 4.16. The van der Waals surface area contributed by atoms with Gasteiger partial charge in [-0.15, -0.1) is 5.10 Å². The average molecular weight is 178 g/mol. The molecule has 9 heavy (non-hydrogen) atoms. The van der Waals surface area contributed by atoms with Crippen molar-refractivity contribution < 1.29 is 0 Å². The summed E-state index contributed by atoms with van der Waals surface area (Å²) in [4.78, 5) is 0.